The molecule has 3 heterocycles. The Morgan fingerprint density at radius 2 is 2.05 bits per heavy atom. The lowest BCUT2D eigenvalue weighted by atomic mass is 9.86. The second-order valence-corrected chi connectivity index (χ2v) is 13.2. The minimum atomic E-state index is -3.46. The van der Waals surface area contributed by atoms with Crippen LogP contribution in [0.25, 0.3) is 0 Å². The van der Waals surface area contributed by atoms with E-state index in [0.29, 0.717) is 60.9 Å². The summed E-state index contributed by atoms with van der Waals surface area (Å²) in [6.07, 6.45) is 3.56. The number of aliphatic hydroxyl groups is 1. The maximum Gasteiger partial charge on any atom is 0.338 e. The van der Waals surface area contributed by atoms with Gasteiger partial charge in [0, 0.05) is 53.5 Å². The molecule has 1 saturated heterocycles. The summed E-state index contributed by atoms with van der Waals surface area (Å²) in [6.45, 7) is 0.615. The fraction of sp³-hybridized carbons (Fsp3) is 0.480. The van der Waals surface area contributed by atoms with Crippen LogP contribution < -0.4 is 5.32 Å². The van der Waals surface area contributed by atoms with Crippen molar-refractivity contribution in [3.05, 3.63) is 62.5 Å². The van der Waals surface area contributed by atoms with Gasteiger partial charge in [0.25, 0.3) is 0 Å². The number of hydrogen-bond donors (Lipinski definition) is 2. The SMILES string of the molecule is COC(=O)C1=C(C2CCN(S(=O)(=O)[C@H]3C[C@@H](CO)C3)CC2)NC(c2nccs2)=N[C@@H]1c1ccc(F)cc1Cl. The topological polar surface area (TPSA) is 121 Å². The van der Waals surface area contributed by atoms with Crippen LogP contribution in [0.5, 0.6) is 0 Å². The number of allylic oxidation sites excluding steroid dienone is 1. The third kappa shape index (κ3) is 5.12. The molecule has 2 aliphatic heterocycles. The maximum absolute atomic E-state index is 13.9. The summed E-state index contributed by atoms with van der Waals surface area (Å²) in [5.41, 5.74) is 1.29. The number of aromatic nitrogens is 1. The van der Waals surface area contributed by atoms with Gasteiger partial charge in [-0.2, -0.15) is 0 Å². The standard InChI is InChI=1S/C25H28ClFN4O5S2/c1-36-25(33)20-21(15-4-7-31(8-5-15)38(34,35)17-10-14(11-17)13-32)29-23(24-28-6-9-37-24)30-22(20)18-3-2-16(27)12-19(18)26/h2-3,6,9,12,14-15,17,22,32H,4-5,7-8,10-11,13H2,1H3,(H,29,30)/t14-,17+,22-/m1/s1. The van der Waals surface area contributed by atoms with Gasteiger partial charge in [-0.1, -0.05) is 17.7 Å². The number of aliphatic hydroxyl groups excluding tert-OH is 1. The highest BCUT2D eigenvalue weighted by Gasteiger charge is 2.44. The van der Waals surface area contributed by atoms with Crippen molar-refractivity contribution in [3.63, 3.8) is 0 Å². The third-order valence-corrected chi connectivity index (χ3v) is 10.9. The first kappa shape index (κ1) is 27.2. The first-order valence-corrected chi connectivity index (χ1v) is 15.1. The van der Waals surface area contributed by atoms with Crippen LogP contribution in [0.1, 0.15) is 42.3 Å². The van der Waals surface area contributed by atoms with Crippen molar-refractivity contribution in [2.75, 3.05) is 26.8 Å². The molecule has 0 unspecified atom stereocenters. The van der Waals surface area contributed by atoms with Gasteiger partial charge in [0.2, 0.25) is 10.0 Å². The monoisotopic (exact) mass is 582 g/mol. The lowest BCUT2D eigenvalue weighted by molar-refractivity contribution is -0.136. The molecule has 0 spiro atoms. The van der Waals surface area contributed by atoms with Gasteiger partial charge in [0.05, 0.1) is 17.9 Å². The molecule has 1 aliphatic carbocycles. The molecule has 0 bridgehead atoms. The van der Waals surface area contributed by atoms with E-state index in [9.17, 15) is 22.7 Å². The zero-order valence-electron chi connectivity index (χ0n) is 20.6. The second kappa shape index (κ2) is 11.0. The molecule has 1 saturated carbocycles. The van der Waals surface area contributed by atoms with Gasteiger partial charge in [-0.25, -0.2) is 26.9 Å². The Labute approximate surface area is 229 Å². The third-order valence-electron chi connectivity index (χ3n) is 7.47. The van der Waals surface area contributed by atoms with Gasteiger partial charge in [-0.05, 0) is 43.7 Å². The van der Waals surface area contributed by atoms with Crippen molar-refractivity contribution in [2.45, 2.75) is 37.0 Å². The molecule has 1 atom stereocenters. The number of carbonyl (C=O) groups excluding carboxylic acids is 1. The molecule has 38 heavy (non-hydrogen) atoms. The lowest BCUT2D eigenvalue weighted by Gasteiger charge is -2.40. The maximum atomic E-state index is 13.9. The molecular formula is C25H28ClFN4O5S2. The summed E-state index contributed by atoms with van der Waals surface area (Å²) < 4.78 is 46.7. The van der Waals surface area contributed by atoms with Crippen LogP contribution in [-0.2, 0) is 19.6 Å². The molecule has 2 N–H and O–H groups in total. The number of halogens is 2. The van der Waals surface area contributed by atoms with Gasteiger partial charge in [-0.15, -0.1) is 11.3 Å². The highest BCUT2D eigenvalue weighted by Crippen LogP contribution is 2.41. The summed E-state index contributed by atoms with van der Waals surface area (Å²) in [6, 6.07) is 3.08. The molecule has 9 nitrogen and oxygen atoms in total. The molecule has 204 valence electrons. The number of methoxy groups -OCH3 is 1. The van der Waals surface area contributed by atoms with Crippen LogP contribution in [0.15, 0.2) is 46.0 Å². The van der Waals surface area contributed by atoms with Crippen molar-refractivity contribution < 1.29 is 27.4 Å². The van der Waals surface area contributed by atoms with E-state index < -0.39 is 33.1 Å². The number of rotatable bonds is 7. The van der Waals surface area contributed by atoms with Gasteiger partial charge < -0.3 is 15.2 Å². The highest BCUT2D eigenvalue weighted by molar-refractivity contribution is 7.89. The average Bonchev–Trinajstić information content (AvgIpc) is 3.42. The van der Waals surface area contributed by atoms with Crippen molar-refractivity contribution >= 4 is 44.8 Å². The van der Waals surface area contributed by atoms with E-state index in [1.807, 2.05) is 5.38 Å². The second-order valence-electron chi connectivity index (χ2n) is 9.69. The zero-order valence-corrected chi connectivity index (χ0v) is 23.0. The van der Waals surface area contributed by atoms with E-state index in [1.165, 1.54) is 41.0 Å². The predicted octanol–water partition coefficient (Wildman–Crippen LogP) is 3.27. The van der Waals surface area contributed by atoms with Crippen LogP contribution in [-0.4, -0.2) is 66.7 Å². The van der Waals surface area contributed by atoms with Gasteiger partial charge in [-0.3, -0.25) is 4.99 Å². The molecule has 2 aromatic rings. The molecule has 0 amide bonds. The number of hydrogen-bond acceptors (Lipinski definition) is 9. The van der Waals surface area contributed by atoms with Gasteiger partial charge in [0.1, 0.15) is 11.9 Å². The van der Waals surface area contributed by atoms with Crippen molar-refractivity contribution in [1.29, 1.82) is 0 Å². The van der Waals surface area contributed by atoms with Crippen LogP contribution in [0.3, 0.4) is 0 Å². The number of amidine groups is 1. The van der Waals surface area contributed by atoms with Crippen molar-refractivity contribution in [1.82, 2.24) is 14.6 Å². The van der Waals surface area contributed by atoms with Crippen molar-refractivity contribution in [2.24, 2.45) is 16.8 Å². The number of nitrogens with zero attached hydrogens (tertiary/aromatic N) is 3. The Hall–Kier alpha value is -2.38. The molecule has 1 aromatic carbocycles. The number of nitrogens with one attached hydrogen (secondary N) is 1. The molecule has 1 aromatic heterocycles. The fourth-order valence-electron chi connectivity index (χ4n) is 5.30. The Kier molecular flexibility index (Phi) is 7.88. The number of aliphatic imine (C=N–C) groups is 1. The normalized spacial score (nSPS) is 24.9. The van der Waals surface area contributed by atoms with Crippen molar-refractivity contribution in [3.8, 4) is 0 Å². The van der Waals surface area contributed by atoms with E-state index in [2.05, 4.69) is 10.3 Å². The van der Waals surface area contributed by atoms with E-state index in [4.69, 9.17) is 21.3 Å². The minimum Gasteiger partial charge on any atom is -0.466 e. The Bertz CT molecular complexity index is 1370. The van der Waals surface area contributed by atoms with E-state index in [-0.39, 0.29) is 29.0 Å². The number of esters is 1. The minimum absolute atomic E-state index is 0.00639. The lowest BCUT2D eigenvalue weighted by Crippen LogP contribution is -2.49. The van der Waals surface area contributed by atoms with Crippen LogP contribution >= 0.6 is 22.9 Å². The predicted molar refractivity (Wildman–Crippen MR) is 142 cm³/mol. The van der Waals surface area contributed by atoms with Crippen LogP contribution in [0, 0.1) is 17.7 Å². The number of ether oxygens (including phenoxy) is 1. The molecular weight excluding hydrogens is 555 g/mol. The average molecular weight is 583 g/mol. The number of benzene rings is 1. The Morgan fingerprint density at radius 1 is 1.32 bits per heavy atom. The highest BCUT2D eigenvalue weighted by atomic mass is 35.5. The van der Waals surface area contributed by atoms with Crippen LogP contribution in [0.4, 0.5) is 4.39 Å². The molecule has 0 radical (unpaired) electrons. The molecule has 3 aliphatic rings. The summed E-state index contributed by atoms with van der Waals surface area (Å²) in [5, 5.41) is 14.7. The Balaban J connectivity index is 1.47. The smallest absolute Gasteiger partial charge is 0.338 e. The van der Waals surface area contributed by atoms with Crippen LogP contribution in [0.2, 0.25) is 5.02 Å². The Morgan fingerprint density at radius 3 is 2.66 bits per heavy atom. The van der Waals surface area contributed by atoms with E-state index >= 15 is 0 Å². The first-order valence-electron chi connectivity index (χ1n) is 12.3. The number of carbonyl (C=O) groups is 1. The summed E-state index contributed by atoms with van der Waals surface area (Å²) in [4.78, 5) is 22.3. The summed E-state index contributed by atoms with van der Waals surface area (Å²) in [5.74, 6) is -0.794. The summed E-state index contributed by atoms with van der Waals surface area (Å²) >= 11 is 7.79. The first-order chi connectivity index (χ1) is 18.2. The largest absolute Gasteiger partial charge is 0.466 e. The quantitative estimate of drug-likeness (QED) is 0.481. The molecule has 2 fully saturated rings. The van der Waals surface area contributed by atoms with Gasteiger partial charge >= 0.3 is 5.97 Å². The number of thiazole rings is 1. The van der Waals surface area contributed by atoms with Gasteiger partial charge in [0.15, 0.2) is 10.8 Å². The fourth-order valence-corrected chi connectivity index (χ4v) is 8.33. The van der Waals surface area contributed by atoms with E-state index in [1.54, 1.807) is 6.20 Å². The summed E-state index contributed by atoms with van der Waals surface area (Å²) in [7, 11) is -2.18. The molecule has 5 rings (SSSR count). The number of piperidine rings is 1. The number of sulfonamides is 1. The zero-order chi connectivity index (χ0) is 27.0. The van der Waals surface area contributed by atoms with E-state index in [0.717, 1.165) is 0 Å². The molecule has 13 heteroatoms.